The second-order valence-corrected chi connectivity index (χ2v) is 6.46. The van der Waals surface area contributed by atoms with Gasteiger partial charge < -0.3 is 19.7 Å². The Labute approximate surface area is 136 Å². The largest absolute Gasteiger partial charge is 0.468 e. The van der Waals surface area contributed by atoms with Gasteiger partial charge in [0.2, 0.25) is 0 Å². The zero-order valence-electron chi connectivity index (χ0n) is 14.4. The van der Waals surface area contributed by atoms with Crippen molar-refractivity contribution in [1.29, 1.82) is 0 Å². The van der Waals surface area contributed by atoms with E-state index in [2.05, 4.69) is 0 Å². The molecule has 0 saturated heterocycles. The lowest BCUT2D eigenvalue weighted by Gasteiger charge is -2.23. The number of hydrogen-bond acceptors (Lipinski definition) is 6. The molecule has 23 heavy (non-hydrogen) atoms. The van der Waals surface area contributed by atoms with Crippen LogP contribution in [-0.4, -0.2) is 48.1 Å². The minimum Gasteiger partial charge on any atom is -0.468 e. The molecule has 0 aromatic heterocycles. The molecule has 1 aliphatic rings. The van der Waals surface area contributed by atoms with E-state index in [0.717, 1.165) is 5.57 Å². The van der Waals surface area contributed by atoms with E-state index < -0.39 is 29.1 Å². The van der Waals surface area contributed by atoms with E-state index >= 15 is 0 Å². The van der Waals surface area contributed by atoms with Gasteiger partial charge in [0, 0.05) is 0 Å². The number of carbonyl (C=O) groups excluding carboxylic acids is 2. The maximum atomic E-state index is 12.1. The highest BCUT2D eigenvalue weighted by Gasteiger charge is 2.49. The molecule has 6 heteroatoms. The number of ether oxygens (including phenoxy) is 2. The Hall–Kier alpha value is -1.66. The standard InChI is InChI=1S/C17H26O6/c1-11(18)8-13(16(2,3)21)9-12-6-7-17(10-12,14(19)22-4)15(20)23-5/h9-11,18,21H,6-8H2,1-5H3/b13-9-. The molecule has 0 aromatic rings. The number of methoxy groups -OCH3 is 2. The number of aliphatic hydroxyl groups is 2. The Bertz CT molecular complexity index is 506. The Kier molecular flexibility index (Phi) is 6.13. The fraction of sp³-hybridized carbons (Fsp3) is 0.647. The van der Waals surface area contributed by atoms with Gasteiger partial charge in [-0.05, 0) is 45.6 Å². The smallest absolute Gasteiger partial charge is 0.327 e. The fourth-order valence-corrected chi connectivity index (χ4v) is 2.71. The molecule has 0 heterocycles. The molecule has 0 bridgehead atoms. The number of allylic oxidation sites excluding steroid dienone is 2. The highest BCUT2D eigenvalue weighted by Crippen LogP contribution is 2.40. The first-order chi connectivity index (χ1) is 10.6. The van der Waals surface area contributed by atoms with Crippen LogP contribution in [0.1, 0.15) is 40.0 Å². The summed E-state index contributed by atoms with van der Waals surface area (Å²) in [5.74, 6) is -1.32. The molecule has 0 aliphatic heterocycles. The second kappa shape index (κ2) is 7.27. The number of hydrogen-bond donors (Lipinski definition) is 2. The van der Waals surface area contributed by atoms with Crippen LogP contribution >= 0.6 is 0 Å². The zero-order chi connectivity index (χ0) is 17.8. The average molecular weight is 326 g/mol. The molecule has 130 valence electrons. The SMILES string of the molecule is COC(=O)C1(C(=O)OC)C=C(/C=C(/CC(C)O)C(C)(C)O)CC1. The highest BCUT2D eigenvalue weighted by molar-refractivity contribution is 6.03. The van der Waals surface area contributed by atoms with Gasteiger partial charge in [0.05, 0.1) is 25.9 Å². The summed E-state index contributed by atoms with van der Waals surface area (Å²) in [7, 11) is 2.45. The maximum Gasteiger partial charge on any atom is 0.327 e. The van der Waals surface area contributed by atoms with Crippen LogP contribution in [-0.2, 0) is 19.1 Å². The van der Waals surface area contributed by atoms with Gasteiger partial charge in [0.1, 0.15) is 0 Å². The van der Waals surface area contributed by atoms with Gasteiger partial charge in [0.15, 0.2) is 5.41 Å². The lowest BCUT2D eigenvalue weighted by Crippen LogP contribution is -2.37. The molecular weight excluding hydrogens is 300 g/mol. The van der Waals surface area contributed by atoms with Crippen LogP contribution in [0, 0.1) is 5.41 Å². The molecular formula is C17H26O6. The Balaban J connectivity index is 3.24. The Morgan fingerprint density at radius 3 is 2.26 bits per heavy atom. The first-order valence-corrected chi connectivity index (χ1v) is 7.57. The normalized spacial score (nSPS) is 19.1. The molecule has 0 spiro atoms. The third-order valence-corrected chi connectivity index (χ3v) is 4.00. The molecule has 2 N–H and O–H groups in total. The van der Waals surface area contributed by atoms with Crippen molar-refractivity contribution in [2.24, 2.45) is 5.41 Å². The van der Waals surface area contributed by atoms with Crippen LogP contribution in [0.25, 0.3) is 0 Å². The van der Waals surface area contributed by atoms with E-state index in [9.17, 15) is 19.8 Å². The quantitative estimate of drug-likeness (QED) is 0.568. The van der Waals surface area contributed by atoms with E-state index in [0.29, 0.717) is 18.4 Å². The van der Waals surface area contributed by atoms with Crippen LogP contribution in [0.4, 0.5) is 0 Å². The molecule has 1 aliphatic carbocycles. The average Bonchev–Trinajstić information content (AvgIpc) is 2.88. The molecule has 0 radical (unpaired) electrons. The summed E-state index contributed by atoms with van der Waals surface area (Å²) in [5, 5.41) is 19.8. The summed E-state index contributed by atoms with van der Waals surface area (Å²) in [6.07, 6.45) is 3.69. The van der Waals surface area contributed by atoms with Crippen molar-refractivity contribution in [2.45, 2.75) is 51.7 Å². The van der Waals surface area contributed by atoms with Crippen LogP contribution in [0.5, 0.6) is 0 Å². The molecule has 1 atom stereocenters. The Morgan fingerprint density at radius 1 is 1.35 bits per heavy atom. The lowest BCUT2D eigenvalue weighted by atomic mass is 9.88. The van der Waals surface area contributed by atoms with Crippen LogP contribution < -0.4 is 0 Å². The van der Waals surface area contributed by atoms with Gasteiger partial charge in [0.25, 0.3) is 0 Å². The minimum absolute atomic E-state index is 0.256. The Morgan fingerprint density at radius 2 is 1.87 bits per heavy atom. The van der Waals surface area contributed by atoms with E-state index in [1.54, 1.807) is 32.9 Å². The summed E-state index contributed by atoms with van der Waals surface area (Å²) in [6, 6.07) is 0. The third kappa shape index (κ3) is 4.42. The third-order valence-electron chi connectivity index (χ3n) is 4.00. The van der Waals surface area contributed by atoms with E-state index in [1.807, 2.05) is 0 Å². The predicted octanol–water partition coefficient (Wildman–Crippen LogP) is 1.51. The van der Waals surface area contributed by atoms with Crippen molar-refractivity contribution in [1.82, 2.24) is 0 Å². The first-order valence-electron chi connectivity index (χ1n) is 7.57. The molecule has 1 rings (SSSR count). The first kappa shape index (κ1) is 19.4. The van der Waals surface area contributed by atoms with Crippen molar-refractivity contribution >= 4 is 11.9 Å². The van der Waals surface area contributed by atoms with Gasteiger partial charge in [-0.15, -0.1) is 0 Å². The van der Waals surface area contributed by atoms with E-state index in [1.165, 1.54) is 14.2 Å². The monoisotopic (exact) mass is 326 g/mol. The summed E-state index contributed by atoms with van der Waals surface area (Å²) in [4.78, 5) is 24.1. The summed E-state index contributed by atoms with van der Waals surface area (Å²) in [6.45, 7) is 4.89. The molecule has 1 unspecified atom stereocenters. The fourth-order valence-electron chi connectivity index (χ4n) is 2.71. The number of esters is 2. The van der Waals surface area contributed by atoms with Crippen molar-refractivity contribution < 1.29 is 29.3 Å². The van der Waals surface area contributed by atoms with Gasteiger partial charge >= 0.3 is 11.9 Å². The number of rotatable bonds is 6. The zero-order valence-corrected chi connectivity index (χ0v) is 14.4. The highest BCUT2D eigenvalue weighted by atomic mass is 16.5. The maximum absolute atomic E-state index is 12.1. The van der Waals surface area contributed by atoms with Crippen molar-refractivity contribution in [3.63, 3.8) is 0 Å². The second-order valence-electron chi connectivity index (χ2n) is 6.46. The molecule has 6 nitrogen and oxygen atoms in total. The van der Waals surface area contributed by atoms with Gasteiger partial charge in [-0.3, -0.25) is 9.59 Å². The van der Waals surface area contributed by atoms with E-state index in [4.69, 9.17) is 9.47 Å². The van der Waals surface area contributed by atoms with Gasteiger partial charge in [-0.1, -0.05) is 17.7 Å². The van der Waals surface area contributed by atoms with E-state index in [-0.39, 0.29) is 6.42 Å². The van der Waals surface area contributed by atoms with Crippen molar-refractivity contribution in [2.75, 3.05) is 14.2 Å². The van der Waals surface area contributed by atoms with Crippen LogP contribution in [0.2, 0.25) is 0 Å². The summed E-state index contributed by atoms with van der Waals surface area (Å²) >= 11 is 0. The lowest BCUT2D eigenvalue weighted by molar-refractivity contribution is -0.165. The molecule has 0 amide bonds. The molecule has 0 fully saturated rings. The van der Waals surface area contributed by atoms with Gasteiger partial charge in [-0.2, -0.15) is 0 Å². The molecule has 0 saturated carbocycles. The number of carbonyl (C=O) groups is 2. The van der Waals surface area contributed by atoms with Crippen LogP contribution in [0.3, 0.4) is 0 Å². The number of aliphatic hydroxyl groups excluding tert-OH is 1. The van der Waals surface area contributed by atoms with Crippen LogP contribution in [0.15, 0.2) is 23.3 Å². The molecule has 0 aromatic carbocycles. The van der Waals surface area contributed by atoms with Crippen molar-refractivity contribution in [3.05, 3.63) is 23.3 Å². The van der Waals surface area contributed by atoms with Gasteiger partial charge in [-0.25, -0.2) is 0 Å². The summed E-state index contributed by atoms with van der Waals surface area (Å²) in [5.41, 5.74) is -1.19. The van der Waals surface area contributed by atoms with Crippen molar-refractivity contribution in [3.8, 4) is 0 Å². The topological polar surface area (TPSA) is 93.1 Å². The minimum atomic E-state index is -1.44. The predicted molar refractivity (Wildman–Crippen MR) is 84.5 cm³/mol. The summed E-state index contributed by atoms with van der Waals surface area (Å²) < 4.78 is 9.50.